The van der Waals surface area contributed by atoms with Crippen molar-refractivity contribution in [2.45, 2.75) is 31.8 Å². The van der Waals surface area contributed by atoms with Gasteiger partial charge in [-0.3, -0.25) is 9.48 Å². The highest BCUT2D eigenvalue weighted by molar-refractivity contribution is 7.89. The molecule has 0 fully saturated rings. The Kier molecular flexibility index (Phi) is 6.19. The lowest BCUT2D eigenvalue weighted by atomic mass is 10.1. The van der Waals surface area contributed by atoms with Crippen molar-refractivity contribution in [3.8, 4) is 0 Å². The molecule has 1 N–H and O–H groups in total. The van der Waals surface area contributed by atoms with Crippen LogP contribution in [0.5, 0.6) is 0 Å². The van der Waals surface area contributed by atoms with Gasteiger partial charge in [0.2, 0.25) is 15.9 Å². The van der Waals surface area contributed by atoms with Gasteiger partial charge in [-0.15, -0.1) is 0 Å². The molecule has 0 bridgehead atoms. The molecule has 28 heavy (non-hydrogen) atoms. The standard InChI is InChI=1S/C17H21F3N4O3S/c1-5-24(28(26,27)16-11(2)22-23(4)12(16)3)10-15(25)21-14-9-7-6-8-13(14)17(18,19)20/h6-9H,5,10H2,1-4H3,(H,21,25). The molecule has 0 aliphatic rings. The predicted octanol–water partition coefficient (Wildman–Crippen LogP) is 2.71. The zero-order valence-electron chi connectivity index (χ0n) is 15.8. The lowest BCUT2D eigenvalue weighted by Crippen LogP contribution is -2.38. The number of nitrogens with zero attached hydrogens (tertiary/aromatic N) is 3. The van der Waals surface area contributed by atoms with E-state index in [1.165, 1.54) is 30.7 Å². The number of para-hydroxylation sites is 1. The number of nitrogens with one attached hydrogen (secondary N) is 1. The number of carbonyl (C=O) groups is 1. The van der Waals surface area contributed by atoms with E-state index in [4.69, 9.17) is 0 Å². The smallest absolute Gasteiger partial charge is 0.324 e. The molecule has 0 spiro atoms. The van der Waals surface area contributed by atoms with Crippen molar-refractivity contribution in [2.75, 3.05) is 18.4 Å². The van der Waals surface area contributed by atoms with E-state index in [1.807, 2.05) is 0 Å². The Morgan fingerprint density at radius 1 is 1.25 bits per heavy atom. The van der Waals surface area contributed by atoms with E-state index < -0.39 is 39.9 Å². The van der Waals surface area contributed by atoms with Crippen LogP contribution in [0.1, 0.15) is 23.9 Å². The van der Waals surface area contributed by atoms with Crippen molar-refractivity contribution in [1.29, 1.82) is 0 Å². The summed E-state index contributed by atoms with van der Waals surface area (Å²) in [6, 6.07) is 4.50. The van der Waals surface area contributed by atoms with Crippen LogP contribution in [0, 0.1) is 13.8 Å². The number of benzene rings is 1. The number of aryl methyl sites for hydroxylation is 2. The Labute approximate surface area is 161 Å². The third-order valence-electron chi connectivity index (χ3n) is 4.22. The number of anilines is 1. The summed E-state index contributed by atoms with van der Waals surface area (Å²) in [6.07, 6.45) is -4.65. The minimum Gasteiger partial charge on any atom is -0.324 e. The van der Waals surface area contributed by atoms with Gasteiger partial charge < -0.3 is 5.32 Å². The van der Waals surface area contributed by atoms with E-state index in [0.29, 0.717) is 5.69 Å². The van der Waals surface area contributed by atoms with E-state index in [1.54, 1.807) is 14.0 Å². The first-order chi connectivity index (χ1) is 12.9. The summed E-state index contributed by atoms with van der Waals surface area (Å²) >= 11 is 0. The average Bonchev–Trinajstić information content (AvgIpc) is 2.84. The fourth-order valence-electron chi connectivity index (χ4n) is 2.81. The molecule has 154 valence electrons. The van der Waals surface area contributed by atoms with Crippen molar-refractivity contribution < 1.29 is 26.4 Å². The topological polar surface area (TPSA) is 84.3 Å². The van der Waals surface area contributed by atoms with E-state index in [9.17, 15) is 26.4 Å². The van der Waals surface area contributed by atoms with E-state index in [2.05, 4.69) is 10.4 Å². The van der Waals surface area contributed by atoms with Crippen LogP contribution in [-0.4, -0.2) is 41.5 Å². The first-order valence-electron chi connectivity index (χ1n) is 8.36. The number of amides is 1. The van der Waals surface area contributed by atoms with E-state index in [0.717, 1.165) is 16.4 Å². The van der Waals surface area contributed by atoms with Gasteiger partial charge >= 0.3 is 6.18 Å². The molecule has 7 nitrogen and oxygen atoms in total. The van der Waals surface area contributed by atoms with Crippen molar-refractivity contribution in [1.82, 2.24) is 14.1 Å². The van der Waals surface area contributed by atoms with Crippen LogP contribution in [0.25, 0.3) is 0 Å². The van der Waals surface area contributed by atoms with Gasteiger partial charge in [-0.25, -0.2) is 8.42 Å². The largest absolute Gasteiger partial charge is 0.418 e. The number of sulfonamides is 1. The second kappa shape index (κ2) is 7.92. The SMILES string of the molecule is CCN(CC(=O)Nc1ccccc1C(F)(F)F)S(=O)(=O)c1c(C)nn(C)c1C. The van der Waals surface area contributed by atoms with Crippen LogP contribution in [0.4, 0.5) is 18.9 Å². The molecular formula is C17H21F3N4O3S. The zero-order chi connectivity index (χ0) is 21.3. The van der Waals surface area contributed by atoms with Gasteiger partial charge in [0.15, 0.2) is 0 Å². The fraction of sp³-hybridized carbons (Fsp3) is 0.412. The number of carbonyl (C=O) groups excluding carboxylic acids is 1. The van der Waals surface area contributed by atoms with Crippen LogP contribution in [0.3, 0.4) is 0 Å². The van der Waals surface area contributed by atoms with Gasteiger partial charge in [0.25, 0.3) is 0 Å². The second-order valence-electron chi connectivity index (χ2n) is 6.15. The van der Waals surface area contributed by atoms with Gasteiger partial charge in [0.05, 0.1) is 29.2 Å². The first kappa shape index (κ1) is 21.9. The van der Waals surface area contributed by atoms with Crippen LogP contribution < -0.4 is 5.32 Å². The highest BCUT2D eigenvalue weighted by Gasteiger charge is 2.34. The predicted molar refractivity (Wildman–Crippen MR) is 97.2 cm³/mol. The van der Waals surface area contributed by atoms with Crippen molar-refractivity contribution in [3.63, 3.8) is 0 Å². The molecule has 2 rings (SSSR count). The minimum absolute atomic E-state index is 0.0136. The normalized spacial score (nSPS) is 12.4. The molecule has 1 amide bonds. The molecule has 0 radical (unpaired) electrons. The molecule has 11 heteroatoms. The number of rotatable bonds is 6. The van der Waals surface area contributed by atoms with E-state index in [-0.39, 0.29) is 17.1 Å². The molecule has 0 saturated heterocycles. The summed E-state index contributed by atoms with van der Waals surface area (Å²) in [5.41, 5.74) is -0.754. The van der Waals surface area contributed by atoms with Crippen LogP contribution in [-0.2, 0) is 28.0 Å². The summed E-state index contributed by atoms with van der Waals surface area (Å²) in [5.74, 6) is -0.874. The third-order valence-corrected chi connectivity index (χ3v) is 6.39. The quantitative estimate of drug-likeness (QED) is 0.782. The van der Waals surface area contributed by atoms with Crippen LogP contribution in [0.15, 0.2) is 29.2 Å². The molecule has 1 aromatic carbocycles. The fourth-order valence-corrected chi connectivity index (χ4v) is 4.62. The number of alkyl halides is 3. The maximum Gasteiger partial charge on any atom is 0.418 e. The highest BCUT2D eigenvalue weighted by Crippen LogP contribution is 2.34. The monoisotopic (exact) mass is 418 g/mol. The third kappa shape index (κ3) is 4.36. The Morgan fingerprint density at radius 3 is 2.36 bits per heavy atom. The molecule has 0 atom stereocenters. The molecular weight excluding hydrogens is 397 g/mol. The Hall–Kier alpha value is -2.40. The molecule has 0 aliphatic heterocycles. The van der Waals surface area contributed by atoms with Gasteiger partial charge in [0.1, 0.15) is 4.90 Å². The molecule has 2 aromatic rings. The number of halogens is 3. The summed E-state index contributed by atoms with van der Waals surface area (Å²) < 4.78 is 67.4. The van der Waals surface area contributed by atoms with Crippen molar-refractivity contribution in [3.05, 3.63) is 41.2 Å². The second-order valence-corrected chi connectivity index (χ2v) is 8.02. The number of aromatic nitrogens is 2. The summed E-state index contributed by atoms with van der Waals surface area (Å²) in [5, 5.41) is 6.22. The summed E-state index contributed by atoms with van der Waals surface area (Å²) in [4.78, 5) is 12.3. The average molecular weight is 418 g/mol. The Morgan fingerprint density at radius 2 is 1.86 bits per heavy atom. The maximum absolute atomic E-state index is 13.1. The summed E-state index contributed by atoms with van der Waals surface area (Å²) in [6.45, 7) is 3.99. The highest BCUT2D eigenvalue weighted by atomic mass is 32.2. The number of likely N-dealkylation sites (N-methyl/N-ethyl adjacent to an activating group) is 1. The lowest BCUT2D eigenvalue weighted by molar-refractivity contribution is -0.137. The van der Waals surface area contributed by atoms with Crippen LogP contribution in [0.2, 0.25) is 0 Å². The lowest BCUT2D eigenvalue weighted by Gasteiger charge is -2.21. The van der Waals surface area contributed by atoms with E-state index >= 15 is 0 Å². The Bertz CT molecular complexity index is 984. The van der Waals surface area contributed by atoms with Crippen molar-refractivity contribution in [2.24, 2.45) is 7.05 Å². The first-order valence-corrected chi connectivity index (χ1v) is 9.80. The molecule has 1 aromatic heterocycles. The maximum atomic E-state index is 13.1. The van der Waals surface area contributed by atoms with Gasteiger partial charge in [0, 0.05) is 13.6 Å². The molecule has 1 heterocycles. The number of hydrogen-bond acceptors (Lipinski definition) is 4. The molecule has 0 aliphatic carbocycles. The number of hydrogen-bond donors (Lipinski definition) is 1. The van der Waals surface area contributed by atoms with Gasteiger partial charge in [-0.1, -0.05) is 19.1 Å². The summed E-state index contributed by atoms with van der Waals surface area (Å²) in [7, 11) is -2.45. The zero-order valence-corrected chi connectivity index (χ0v) is 16.6. The van der Waals surface area contributed by atoms with Crippen molar-refractivity contribution >= 4 is 21.6 Å². The molecule has 0 saturated carbocycles. The Balaban J connectivity index is 2.28. The minimum atomic E-state index is -4.65. The molecule has 0 unspecified atom stereocenters. The van der Waals surface area contributed by atoms with Gasteiger partial charge in [-0.2, -0.15) is 22.6 Å². The van der Waals surface area contributed by atoms with Gasteiger partial charge in [-0.05, 0) is 26.0 Å². The van der Waals surface area contributed by atoms with Crippen LogP contribution >= 0.6 is 0 Å².